The van der Waals surface area contributed by atoms with Crippen molar-refractivity contribution >= 4 is 71.2 Å². The quantitative estimate of drug-likeness (QED) is 0.0536. The predicted molar refractivity (Wildman–Crippen MR) is 170 cm³/mol. The highest BCUT2D eigenvalue weighted by Gasteiger charge is 2.54. The van der Waals surface area contributed by atoms with Crippen LogP contribution in [0.4, 0.5) is 5.13 Å². The van der Waals surface area contributed by atoms with Crippen LogP contribution >= 0.6 is 42.6 Å². The number of carbonyl (C=O) groups excluding carboxylic acids is 2. The molecule has 2 aromatic rings. The summed E-state index contributed by atoms with van der Waals surface area (Å²) in [6.45, 7) is 6.77. The summed E-state index contributed by atoms with van der Waals surface area (Å²) in [5, 5.41) is 22.3. The molecule has 2 aromatic heterocycles. The summed E-state index contributed by atoms with van der Waals surface area (Å²) in [4.78, 5) is 75.8. The number of aliphatic carboxylic acids is 1. The normalized spacial score (nSPS) is 18.5. The van der Waals surface area contributed by atoms with Crippen molar-refractivity contribution in [3.05, 3.63) is 43.1 Å². The fourth-order valence-corrected chi connectivity index (χ4v) is 9.26. The summed E-state index contributed by atoms with van der Waals surface area (Å²) in [5.74, 6) is -2.55. The van der Waals surface area contributed by atoms with Crippen molar-refractivity contribution in [1.82, 2.24) is 30.0 Å². The predicted octanol–water partition coefficient (Wildman–Crippen LogP) is 1.18. The van der Waals surface area contributed by atoms with E-state index in [0.717, 1.165) is 28.0 Å². The summed E-state index contributed by atoms with van der Waals surface area (Å²) < 4.78 is 25.4. The van der Waals surface area contributed by atoms with E-state index in [4.69, 9.17) is 13.9 Å². The Labute approximate surface area is 273 Å². The molecule has 0 aromatic carbocycles. The van der Waals surface area contributed by atoms with Gasteiger partial charge in [0.25, 0.3) is 11.8 Å². The molecule has 0 saturated carbocycles. The summed E-state index contributed by atoms with van der Waals surface area (Å²) in [7, 11) is -1.12. The van der Waals surface area contributed by atoms with Crippen molar-refractivity contribution in [3.63, 3.8) is 0 Å². The zero-order valence-electron chi connectivity index (χ0n) is 25.3. The number of anilines is 1. The summed E-state index contributed by atoms with van der Waals surface area (Å²) >= 11 is 3.26. The van der Waals surface area contributed by atoms with Crippen LogP contribution < -0.4 is 21.5 Å². The number of thioether (sulfide) groups is 2. The number of H-pyrrole nitrogens is 1. The number of aromatic amines is 1. The van der Waals surface area contributed by atoms with Crippen molar-refractivity contribution in [3.8, 4) is 0 Å². The highest BCUT2D eigenvalue weighted by atomic mass is 32.2. The zero-order chi connectivity index (χ0) is 33.9. The minimum atomic E-state index is -3.81. The Balaban J connectivity index is 1.48. The molecule has 0 aliphatic carbocycles. The summed E-state index contributed by atoms with van der Waals surface area (Å²) in [6, 6.07) is -1.08. The number of aromatic nitrogens is 4. The van der Waals surface area contributed by atoms with Crippen LogP contribution in [0.15, 0.2) is 36.6 Å². The Morgan fingerprint density at radius 1 is 1.22 bits per heavy atom. The number of carbonyl (C=O) groups is 3. The van der Waals surface area contributed by atoms with Gasteiger partial charge in [0.2, 0.25) is 0 Å². The molecule has 4 heterocycles. The van der Waals surface area contributed by atoms with Crippen molar-refractivity contribution < 1.29 is 37.9 Å². The fourth-order valence-electron chi connectivity index (χ4n) is 4.22. The molecule has 2 aliphatic heterocycles. The van der Waals surface area contributed by atoms with Crippen LogP contribution in [-0.2, 0) is 39.9 Å². The van der Waals surface area contributed by atoms with E-state index in [1.165, 1.54) is 36.0 Å². The lowest BCUT2D eigenvalue weighted by Gasteiger charge is -2.49. The van der Waals surface area contributed by atoms with E-state index in [1.54, 1.807) is 27.7 Å². The minimum Gasteiger partial charge on any atom is -0.477 e. The number of hydrogen-bond acceptors (Lipinski definition) is 15. The van der Waals surface area contributed by atoms with Gasteiger partial charge < -0.3 is 15.3 Å². The van der Waals surface area contributed by atoms with Crippen LogP contribution in [-0.4, -0.2) is 95.5 Å². The van der Waals surface area contributed by atoms with E-state index in [0.29, 0.717) is 5.57 Å². The lowest BCUT2D eigenvalue weighted by Crippen LogP contribution is -2.71. The number of oxime groups is 1. The van der Waals surface area contributed by atoms with Crippen molar-refractivity contribution in [2.24, 2.45) is 12.2 Å². The third-order valence-electron chi connectivity index (χ3n) is 5.94. The molecular weight excluding hydrogens is 687 g/mol. The Morgan fingerprint density at radius 2 is 1.89 bits per heavy atom. The third kappa shape index (κ3) is 7.89. The third-order valence-corrected chi connectivity index (χ3v) is 11.2. The van der Waals surface area contributed by atoms with Crippen LogP contribution in [0.5, 0.6) is 0 Å². The molecule has 0 spiro atoms. The second-order valence-electron chi connectivity index (χ2n) is 10.2. The number of carboxylic acids is 1. The van der Waals surface area contributed by atoms with Gasteiger partial charge in [-0.3, -0.25) is 48.0 Å². The summed E-state index contributed by atoms with van der Waals surface area (Å²) in [6.07, 6.45) is -0.862. The second kappa shape index (κ2) is 14.5. The van der Waals surface area contributed by atoms with Gasteiger partial charge in [-0.15, -0.1) is 23.1 Å². The van der Waals surface area contributed by atoms with Crippen LogP contribution in [0.25, 0.3) is 0 Å². The molecule has 2 aliphatic rings. The second-order valence-corrected chi connectivity index (χ2v) is 14.7. The maximum Gasteiger partial charge on any atom is 0.435 e. The maximum atomic E-state index is 13.3. The van der Waals surface area contributed by atoms with Crippen LogP contribution in [0.1, 0.15) is 33.4 Å². The number of carboxylic acid groups (broad SMARTS) is 1. The number of fused-ring (bicyclic) bond motifs is 1. The first kappa shape index (κ1) is 35.4. The SMILES string of the molecule is CO/N=C(\C(=O)N[C@@H]1C(=O)N2C(C(=O)O)=C(CSc3nc(=O)c(=O)[nH]n3C)CS[C@H]12)c1csc(NP(=O)(OC(C)C)OC(C)C)n1. The highest BCUT2D eigenvalue weighted by Crippen LogP contribution is 2.50. The largest absolute Gasteiger partial charge is 0.477 e. The van der Waals surface area contributed by atoms with Crippen LogP contribution in [0.3, 0.4) is 0 Å². The fraction of sp³-hybridized carbons (Fsp3) is 0.500. The summed E-state index contributed by atoms with van der Waals surface area (Å²) in [5.41, 5.74) is -1.96. The van der Waals surface area contributed by atoms with Crippen LogP contribution in [0, 0.1) is 0 Å². The standard InChI is InChI=1S/C24H31N8O10PS3/c1-10(2)41-43(39,42-11(3)4)30-23-25-13(9-45-23)14(29-40-6)17(33)26-15-20(36)32-16(22(37)38)12(7-44-21(15)32)8-46-24-27-18(34)19(35)28-31(24)5/h9-11,15,21H,7-8H2,1-6H3,(H,26,33)(H,28,35)(H,37,38)(H,25,30,39)/b29-14-/t15-,21-/m1/s1. The topological polar surface area (TPSA) is 236 Å². The van der Waals surface area contributed by atoms with Crippen molar-refractivity contribution in [1.29, 1.82) is 0 Å². The molecule has 4 rings (SSSR count). The lowest BCUT2D eigenvalue weighted by atomic mass is 10.0. The molecule has 1 saturated heterocycles. The number of β-lactam (4-membered cyclic amide) rings is 1. The van der Waals surface area contributed by atoms with Gasteiger partial charge in [0.1, 0.15) is 29.9 Å². The van der Waals surface area contributed by atoms with E-state index in [2.05, 4.69) is 30.6 Å². The van der Waals surface area contributed by atoms with Gasteiger partial charge in [-0.05, 0) is 33.3 Å². The Kier molecular flexibility index (Phi) is 11.2. The van der Waals surface area contributed by atoms with Gasteiger partial charge in [0, 0.05) is 23.9 Å². The molecule has 2 amide bonds. The van der Waals surface area contributed by atoms with E-state index in [9.17, 15) is 33.6 Å². The lowest BCUT2D eigenvalue weighted by molar-refractivity contribution is -0.150. The number of thiazole rings is 1. The van der Waals surface area contributed by atoms with Gasteiger partial charge in [-0.2, -0.15) is 4.98 Å². The first-order chi connectivity index (χ1) is 21.6. The molecule has 0 unspecified atom stereocenters. The van der Waals surface area contributed by atoms with Crippen molar-refractivity contribution in [2.75, 3.05) is 23.7 Å². The molecule has 18 nitrogen and oxygen atoms in total. The minimum absolute atomic E-state index is 0.0446. The molecule has 46 heavy (non-hydrogen) atoms. The molecular formula is C24H31N8O10PS3. The molecule has 250 valence electrons. The number of rotatable bonds is 14. The molecule has 0 bridgehead atoms. The Bertz CT molecular complexity index is 1740. The first-order valence-corrected chi connectivity index (χ1v) is 17.9. The van der Waals surface area contributed by atoms with Gasteiger partial charge in [0.15, 0.2) is 16.0 Å². The maximum absolute atomic E-state index is 13.3. The highest BCUT2D eigenvalue weighted by molar-refractivity contribution is 8.01. The molecule has 22 heteroatoms. The van der Waals surface area contributed by atoms with Crippen LogP contribution in [0.2, 0.25) is 0 Å². The van der Waals surface area contributed by atoms with Gasteiger partial charge in [-0.25, -0.2) is 14.3 Å². The van der Waals surface area contributed by atoms with E-state index in [1.807, 2.05) is 0 Å². The average molecular weight is 719 g/mol. The Morgan fingerprint density at radius 3 is 2.50 bits per heavy atom. The smallest absolute Gasteiger partial charge is 0.435 e. The number of aryl methyl sites for hydroxylation is 1. The van der Waals surface area contributed by atoms with Crippen molar-refractivity contribution in [2.45, 2.75) is 56.5 Å². The average Bonchev–Trinajstić information content (AvgIpc) is 3.41. The van der Waals surface area contributed by atoms with Gasteiger partial charge in [-0.1, -0.05) is 16.9 Å². The Hall–Kier alpha value is -3.49. The molecule has 1 fully saturated rings. The molecule has 4 N–H and O–H groups in total. The zero-order valence-corrected chi connectivity index (χ0v) is 28.7. The number of nitrogens with zero attached hydrogens (tertiary/aromatic N) is 5. The van der Waals surface area contributed by atoms with Gasteiger partial charge >= 0.3 is 24.8 Å². The number of hydrogen-bond donors (Lipinski definition) is 4. The monoisotopic (exact) mass is 718 g/mol. The molecule has 0 radical (unpaired) electrons. The van der Waals surface area contributed by atoms with Gasteiger partial charge in [0.05, 0.1) is 12.2 Å². The first-order valence-electron chi connectivity index (χ1n) is 13.5. The number of amides is 2. The van der Waals surface area contributed by atoms with E-state index < -0.39 is 60.3 Å². The van der Waals surface area contributed by atoms with E-state index >= 15 is 0 Å². The number of nitrogens with one attached hydrogen (secondary N) is 3. The molecule has 2 atom stereocenters. The van der Waals surface area contributed by atoms with E-state index in [-0.39, 0.29) is 38.9 Å².